The van der Waals surface area contributed by atoms with Crippen molar-refractivity contribution in [3.63, 3.8) is 0 Å². The number of carbonyl (C=O) groups is 4. The van der Waals surface area contributed by atoms with E-state index in [4.69, 9.17) is 13.7 Å². The summed E-state index contributed by atoms with van der Waals surface area (Å²) < 4.78 is 43.1. The number of hydrogen-bond acceptors (Lipinski definition) is 9. The van der Waals surface area contributed by atoms with Crippen LogP contribution in [0.5, 0.6) is 0 Å². The van der Waals surface area contributed by atoms with Gasteiger partial charge in [-0.1, -0.05) is 40.9 Å². The Hall–Kier alpha value is -2.97. The first-order valence-electron chi connectivity index (χ1n) is 15.6. The molecule has 0 spiro atoms. The van der Waals surface area contributed by atoms with Gasteiger partial charge in [-0.05, 0) is 75.6 Å². The van der Waals surface area contributed by atoms with Gasteiger partial charge in [-0.3, -0.25) is 13.8 Å². The second kappa shape index (κ2) is 14.2. The van der Waals surface area contributed by atoms with Crippen molar-refractivity contribution in [1.82, 2.24) is 15.5 Å². The molecule has 12 nitrogen and oxygen atoms in total. The van der Waals surface area contributed by atoms with Crippen LogP contribution in [0.3, 0.4) is 0 Å². The number of allylic oxidation sites excluding steroid dienone is 1. The van der Waals surface area contributed by atoms with Crippen LogP contribution in [0.25, 0.3) is 0 Å². The number of esters is 1. The number of carbonyl (C=O) groups excluding carboxylic acids is 4. The predicted octanol–water partition coefficient (Wildman–Crippen LogP) is 3.73. The maximum absolute atomic E-state index is 14.1. The minimum absolute atomic E-state index is 0.0719. The van der Waals surface area contributed by atoms with Crippen molar-refractivity contribution in [2.75, 3.05) is 13.7 Å². The van der Waals surface area contributed by atoms with Crippen LogP contribution in [0.15, 0.2) is 45.8 Å². The average molecular weight is 711 g/mol. The van der Waals surface area contributed by atoms with Crippen molar-refractivity contribution >= 4 is 49.9 Å². The van der Waals surface area contributed by atoms with Crippen LogP contribution in [0, 0.1) is 5.92 Å². The van der Waals surface area contributed by atoms with Gasteiger partial charge in [0.15, 0.2) is 0 Å². The van der Waals surface area contributed by atoms with Gasteiger partial charge in [-0.2, -0.15) is 8.42 Å². The van der Waals surface area contributed by atoms with Gasteiger partial charge >= 0.3 is 12.1 Å². The van der Waals surface area contributed by atoms with Crippen LogP contribution in [-0.2, 0) is 38.2 Å². The van der Waals surface area contributed by atoms with Gasteiger partial charge in [0.25, 0.3) is 10.1 Å². The molecule has 1 saturated heterocycles. The average Bonchev–Trinajstić information content (AvgIpc) is 3.29. The lowest BCUT2D eigenvalue weighted by molar-refractivity contribution is -0.148. The Morgan fingerprint density at radius 1 is 1.02 bits per heavy atom. The molecule has 5 rings (SSSR count). The fourth-order valence-electron chi connectivity index (χ4n) is 6.47. The van der Waals surface area contributed by atoms with Gasteiger partial charge < -0.3 is 25.0 Å². The second-order valence-electron chi connectivity index (χ2n) is 12.2. The molecular weight excluding hydrogens is 670 g/mol. The van der Waals surface area contributed by atoms with Crippen LogP contribution in [0.4, 0.5) is 4.79 Å². The fourth-order valence-corrected chi connectivity index (χ4v) is 7.81. The quantitative estimate of drug-likeness (QED) is 0.255. The Morgan fingerprint density at radius 2 is 1.73 bits per heavy atom. The minimum atomic E-state index is -4.24. The Bertz CT molecular complexity index is 1410. The first kappa shape index (κ1) is 33.4. The molecule has 0 radical (unpaired) electrons. The molecule has 0 bridgehead atoms. The van der Waals surface area contributed by atoms with Gasteiger partial charge in [0, 0.05) is 23.4 Å². The van der Waals surface area contributed by atoms with Crippen LogP contribution in [0.2, 0.25) is 0 Å². The van der Waals surface area contributed by atoms with E-state index < -0.39 is 57.7 Å². The van der Waals surface area contributed by atoms with E-state index in [-0.39, 0.29) is 29.9 Å². The topological polar surface area (TPSA) is 157 Å². The van der Waals surface area contributed by atoms with E-state index in [2.05, 4.69) is 26.6 Å². The molecule has 0 unspecified atom stereocenters. The summed E-state index contributed by atoms with van der Waals surface area (Å²) in [7, 11) is -2.99. The summed E-state index contributed by atoms with van der Waals surface area (Å²) in [5, 5.41) is 5.55. The molecule has 45 heavy (non-hydrogen) atoms. The minimum Gasteiger partial charge on any atom is -0.467 e. The number of nitrogens with one attached hydrogen (secondary N) is 2. The standard InChI is InChI=1S/C31H40BrN3O9S/c1-42-29(38)31-18-20(31)9-5-3-2-4-6-12-25(33-30(39)43-22-10-7-8-11-22)28(37)35-19-23(17-26(35)27(36)34-31)44-45(40,41)24-15-13-21(32)14-16-24/h5,9,13-16,20,22-23,25-26H,2-4,6-8,10-12,17-19H2,1H3,(H,33,39)(H,34,36)/t20-,23+,25+,26+,31-/m1/s1. The first-order valence-corrected chi connectivity index (χ1v) is 17.8. The van der Waals surface area contributed by atoms with E-state index in [1.54, 1.807) is 12.1 Å². The van der Waals surface area contributed by atoms with Gasteiger partial charge in [-0.25, -0.2) is 9.59 Å². The number of alkyl carbamates (subject to hydrolysis) is 1. The van der Waals surface area contributed by atoms with E-state index in [1.165, 1.54) is 24.1 Å². The van der Waals surface area contributed by atoms with Crippen LogP contribution in [-0.4, -0.2) is 80.7 Å². The molecule has 4 aliphatic rings. The Labute approximate surface area is 271 Å². The lowest BCUT2D eigenvalue weighted by atomic mass is 10.0. The maximum atomic E-state index is 14.1. The molecule has 1 aromatic carbocycles. The van der Waals surface area contributed by atoms with Crippen molar-refractivity contribution < 1.29 is 41.3 Å². The van der Waals surface area contributed by atoms with E-state index >= 15 is 0 Å². The number of nitrogens with zero attached hydrogens (tertiary/aromatic N) is 1. The van der Waals surface area contributed by atoms with E-state index in [0.29, 0.717) is 23.7 Å². The third kappa shape index (κ3) is 7.89. The number of ether oxygens (including phenoxy) is 2. The number of benzene rings is 1. The molecular formula is C31H40BrN3O9S. The Kier molecular flexibility index (Phi) is 10.5. The number of methoxy groups -OCH3 is 1. The van der Waals surface area contributed by atoms with Crippen molar-refractivity contribution in [1.29, 1.82) is 0 Å². The highest BCUT2D eigenvalue weighted by Gasteiger charge is 2.62. The number of amides is 3. The smallest absolute Gasteiger partial charge is 0.408 e. The first-order chi connectivity index (χ1) is 21.5. The molecule has 1 aromatic rings. The number of hydrogen-bond donors (Lipinski definition) is 2. The lowest BCUT2D eigenvalue weighted by Gasteiger charge is -2.29. The van der Waals surface area contributed by atoms with Gasteiger partial charge in [0.2, 0.25) is 11.8 Å². The second-order valence-corrected chi connectivity index (χ2v) is 14.7. The Morgan fingerprint density at radius 3 is 2.44 bits per heavy atom. The molecule has 2 heterocycles. The summed E-state index contributed by atoms with van der Waals surface area (Å²) in [6, 6.07) is 3.76. The maximum Gasteiger partial charge on any atom is 0.408 e. The van der Waals surface area contributed by atoms with Crippen molar-refractivity contribution in [2.24, 2.45) is 5.92 Å². The summed E-state index contributed by atoms with van der Waals surface area (Å²) >= 11 is 3.28. The molecule has 246 valence electrons. The van der Waals surface area contributed by atoms with Gasteiger partial charge in [0.1, 0.15) is 23.7 Å². The van der Waals surface area contributed by atoms with Crippen LogP contribution >= 0.6 is 15.9 Å². The summed E-state index contributed by atoms with van der Waals surface area (Å²) in [5.74, 6) is -2.03. The van der Waals surface area contributed by atoms with E-state index in [0.717, 1.165) is 44.9 Å². The molecule has 5 atom stereocenters. The number of rotatable bonds is 6. The lowest BCUT2D eigenvalue weighted by Crippen LogP contribution is -2.56. The predicted molar refractivity (Wildman–Crippen MR) is 165 cm³/mol. The summed E-state index contributed by atoms with van der Waals surface area (Å²) in [5.41, 5.74) is -1.28. The van der Waals surface area contributed by atoms with Crippen LogP contribution in [0.1, 0.15) is 70.6 Å². The van der Waals surface area contributed by atoms with Crippen molar-refractivity contribution in [2.45, 2.75) is 105 Å². The monoisotopic (exact) mass is 709 g/mol. The molecule has 2 aliphatic carbocycles. The van der Waals surface area contributed by atoms with Gasteiger partial charge in [-0.15, -0.1) is 0 Å². The highest BCUT2D eigenvalue weighted by Crippen LogP contribution is 2.46. The SMILES string of the molecule is COC(=O)[C@@]12C[C@H]1C=CCCCCC[C@H](NC(=O)OC1CCCC1)C(=O)N1C[C@@H](OS(=O)(=O)c3ccc(Br)cc3)C[C@H]1C(=O)N2. The normalized spacial score (nSPS) is 29.5. The number of fused-ring (bicyclic) bond motifs is 2. The largest absolute Gasteiger partial charge is 0.467 e. The molecule has 3 fully saturated rings. The van der Waals surface area contributed by atoms with Crippen molar-refractivity contribution in [3.8, 4) is 0 Å². The summed E-state index contributed by atoms with van der Waals surface area (Å²) in [6.45, 7) is -0.211. The summed E-state index contributed by atoms with van der Waals surface area (Å²) in [6.07, 6.45) is 8.96. The third-order valence-corrected chi connectivity index (χ3v) is 10.9. The zero-order valence-corrected chi connectivity index (χ0v) is 27.6. The molecule has 2 saturated carbocycles. The molecule has 14 heteroatoms. The highest BCUT2D eigenvalue weighted by atomic mass is 79.9. The molecule has 0 aromatic heterocycles. The zero-order valence-electron chi connectivity index (χ0n) is 25.2. The van der Waals surface area contributed by atoms with Crippen molar-refractivity contribution in [3.05, 3.63) is 40.9 Å². The van der Waals surface area contributed by atoms with E-state index in [1.807, 2.05) is 12.2 Å². The third-order valence-electron chi connectivity index (χ3n) is 9.02. The molecule has 2 aliphatic heterocycles. The molecule has 3 amide bonds. The highest BCUT2D eigenvalue weighted by molar-refractivity contribution is 9.10. The number of halogens is 1. The summed E-state index contributed by atoms with van der Waals surface area (Å²) in [4.78, 5) is 54.9. The van der Waals surface area contributed by atoms with E-state index in [9.17, 15) is 27.6 Å². The Balaban J connectivity index is 1.41. The zero-order chi connectivity index (χ0) is 32.2. The fraction of sp³-hybridized carbons (Fsp3) is 0.613. The molecule has 2 N–H and O–H groups in total. The van der Waals surface area contributed by atoms with Crippen LogP contribution < -0.4 is 10.6 Å². The van der Waals surface area contributed by atoms with Gasteiger partial charge in [0.05, 0.1) is 18.1 Å².